The Balaban J connectivity index is 4.17. The van der Waals surface area contributed by atoms with Gasteiger partial charge in [0.15, 0.2) is 6.10 Å². The number of hydrogen-bond acceptors (Lipinski definition) is 6. The van der Waals surface area contributed by atoms with E-state index in [0.717, 1.165) is 96.3 Å². The average molecular weight is 980 g/mol. The zero-order chi connectivity index (χ0) is 50.7. The van der Waals surface area contributed by atoms with Gasteiger partial charge in [0.2, 0.25) is 0 Å². The molecule has 0 aliphatic carbocycles. The van der Waals surface area contributed by atoms with E-state index in [1.165, 1.54) is 173 Å². The fourth-order valence-corrected chi connectivity index (χ4v) is 8.77. The van der Waals surface area contributed by atoms with Crippen molar-refractivity contribution in [2.45, 2.75) is 316 Å². The van der Waals surface area contributed by atoms with Gasteiger partial charge in [0.25, 0.3) is 0 Å². The number of carbonyl (C=O) groups excluding carboxylic acids is 3. The quantitative estimate of drug-likeness (QED) is 0.0261. The second-order valence-electron chi connectivity index (χ2n) is 20.2. The molecular weight excluding hydrogens is 865 g/mol. The summed E-state index contributed by atoms with van der Waals surface area (Å²) in [5, 5.41) is 0. The van der Waals surface area contributed by atoms with E-state index in [1.807, 2.05) is 0 Å². The summed E-state index contributed by atoms with van der Waals surface area (Å²) in [7, 11) is 0. The average Bonchev–Trinajstić information content (AvgIpc) is 3.36. The van der Waals surface area contributed by atoms with Crippen LogP contribution in [0.15, 0.2) is 60.8 Å². The van der Waals surface area contributed by atoms with Gasteiger partial charge in [-0.1, -0.05) is 287 Å². The molecule has 6 nitrogen and oxygen atoms in total. The van der Waals surface area contributed by atoms with Crippen LogP contribution in [0.1, 0.15) is 310 Å². The van der Waals surface area contributed by atoms with E-state index in [1.54, 1.807) is 0 Å². The van der Waals surface area contributed by atoms with Gasteiger partial charge in [-0.2, -0.15) is 0 Å². The summed E-state index contributed by atoms with van der Waals surface area (Å²) in [6, 6.07) is 0. The minimum Gasteiger partial charge on any atom is -0.462 e. The molecule has 0 fully saturated rings. The smallest absolute Gasteiger partial charge is 0.306 e. The maximum atomic E-state index is 12.8. The second kappa shape index (κ2) is 58.7. The molecule has 0 aromatic rings. The summed E-state index contributed by atoms with van der Waals surface area (Å²) < 4.78 is 16.8. The molecule has 70 heavy (non-hydrogen) atoms. The molecule has 6 heteroatoms. The van der Waals surface area contributed by atoms with E-state index in [0.29, 0.717) is 19.3 Å². The standard InChI is InChI=1S/C64H114O6/c1-4-7-10-13-16-18-20-22-24-26-28-30-32-34-35-37-39-41-43-45-48-51-54-57-63(66)69-60-61(59-68-62(65)56-53-50-47-15-12-9-6-3)70-64(67)58-55-52-49-46-44-42-40-38-36-33-31-29-27-25-23-21-19-17-14-11-8-5-2/h7,10,16,18,22,24,28,30,34-35,61H,4-6,8-9,11-15,17,19-21,23,25-27,29,31-33,36-60H2,1-3H3/b10-7-,18-16-,24-22-,30-28-,35-34-. The lowest BCUT2D eigenvalue weighted by Crippen LogP contribution is -2.30. The van der Waals surface area contributed by atoms with Crippen molar-refractivity contribution in [3.8, 4) is 0 Å². The van der Waals surface area contributed by atoms with Gasteiger partial charge in [0, 0.05) is 19.3 Å². The van der Waals surface area contributed by atoms with Gasteiger partial charge >= 0.3 is 17.9 Å². The van der Waals surface area contributed by atoms with Crippen molar-refractivity contribution >= 4 is 17.9 Å². The summed E-state index contributed by atoms with van der Waals surface area (Å²) >= 11 is 0. The molecule has 0 spiro atoms. The maximum Gasteiger partial charge on any atom is 0.306 e. The Morgan fingerprint density at radius 2 is 0.557 bits per heavy atom. The molecule has 406 valence electrons. The molecule has 0 radical (unpaired) electrons. The van der Waals surface area contributed by atoms with Crippen molar-refractivity contribution < 1.29 is 28.6 Å². The van der Waals surface area contributed by atoms with Crippen LogP contribution in [0.4, 0.5) is 0 Å². The Morgan fingerprint density at radius 3 is 0.871 bits per heavy atom. The molecule has 1 unspecified atom stereocenters. The number of allylic oxidation sites excluding steroid dienone is 10. The molecule has 0 aromatic carbocycles. The van der Waals surface area contributed by atoms with Gasteiger partial charge < -0.3 is 14.2 Å². The summed E-state index contributed by atoms with van der Waals surface area (Å²) in [5.74, 6) is -0.878. The van der Waals surface area contributed by atoms with Crippen molar-refractivity contribution in [3.63, 3.8) is 0 Å². The summed E-state index contributed by atoms with van der Waals surface area (Å²) in [6.45, 7) is 6.51. The van der Waals surface area contributed by atoms with Gasteiger partial charge in [-0.05, 0) is 64.2 Å². The second-order valence-corrected chi connectivity index (χ2v) is 20.2. The molecule has 0 heterocycles. The van der Waals surface area contributed by atoms with Crippen LogP contribution in [0.5, 0.6) is 0 Å². The highest BCUT2D eigenvalue weighted by molar-refractivity contribution is 5.71. The van der Waals surface area contributed by atoms with E-state index >= 15 is 0 Å². The zero-order valence-electron chi connectivity index (χ0n) is 46.5. The van der Waals surface area contributed by atoms with Crippen LogP contribution in [0, 0.1) is 0 Å². The van der Waals surface area contributed by atoms with Crippen LogP contribution in [-0.4, -0.2) is 37.2 Å². The number of unbranched alkanes of at least 4 members (excludes halogenated alkanes) is 34. The van der Waals surface area contributed by atoms with Crippen LogP contribution in [0.2, 0.25) is 0 Å². The summed E-state index contributed by atoms with van der Waals surface area (Å²) in [4.78, 5) is 38.0. The third-order valence-corrected chi connectivity index (χ3v) is 13.3. The highest BCUT2D eigenvalue weighted by Gasteiger charge is 2.19. The Hall–Kier alpha value is -2.89. The third-order valence-electron chi connectivity index (χ3n) is 13.3. The highest BCUT2D eigenvalue weighted by atomic mass is 16.6. The predicted octanol–water partition coefficient (Wildman–Crippen LogP) is 20.4. The first-order valence-electron chi connectivity index (χ1n) is 30.3. The Morgan fingerprint density at radius 1 is 0.300 bits per heavy atom. The lowest BCUT2D eigenvalue weighted by atomic mass is 10.0. The van der Waals surface area contributed by atoms with Crippen LogP contribution in [0.25, 0.3) is 0 Å². The van der Waals surface area contributed by atoms with Crippen molar-refractivity contribution in [1.29, 1.82) is 0 Å². The van der Waals surface area contributed by atoms with E-state index in [4.69, 9.17) is 14.2 Å². The molecular formula is C64H114O6. The van der Waals surface area contributed by atoms with Gasteiger partial charge in [-0.25, -0.2) is 0 Å². The van der Waals surface area contributed by atoms with Crippen LogP contribution < -0.4 is 0 Å². The summed E-state index contributed by atoms with van der Waals surface area (Å²) in [5.41, 5.74) is 0. The van der Waals surface area contributed by atoms with Crippen LogP contribution in [0.3, 0.4) is 0 Å². The Labute approximate surface area is 434 Å². The Bertz CT molecular complexity index is 1260. The lowest BCUT2D eigenvalue weighted by Gasteiger charge is -2.18. The minimum atomic E-state index is -0.774. The predicted molar refractivity (Wildman–Crippen MR) is 302 cm³/mol. The van der Waals surface area contributed by atoms with Crippen molar-refractivity contribution in [1.82, 2.24) is 0 Å². The zero-order valence-corrected chi connectivity index (χ0v) is 46.5. The largest absolute Gasteiger partial charge is 0.462 e. The van der Waals surface area contributed by atoms with Crippen LogP contribution >= 0.6 is 0 Å². The van der Waals surface area contributed by atoms with Gasteiger partial charge in [-0.15, -0.1) is 0 Å². The summed E-state index contributed by atoms with van der Waals surface area (Å²) in [6.07, 6.45) is 73.9. The van der Waals surface area contributed by atoms with E-state index in [9.17, 15) is 14.4 Å². The molecule has 0 rings (SSSR count). The number of hydrogen-bond donors (Lipinski definition) is 0. The highest BCUT2D eigenvalue weighted by Crippen LogP contribution is 2.17. The monoisotopic (exact) mass is 979 g/mol. The van der Waals surface area contributed by atoms with Crippen molar-refractivity contribution in [2.24, 2.45) is 0 Å². The fourth-order valence-electron chi connectivity index (χ4n) is 8.77. The Kier molecular flexibility index (Phi) is 56.3. The number of rotatable bonds is 55. The van der Waals surface area contributed by atoms with Crippen molar-refractivity contribution in [3.05, 3.63) is 60.8 Å². The molecule has 0 aromatic heterocycles. The maximum absolute atomic E-state index is 12.8. The van der Waals surface area contributed by atoms with E-state index < -0.39 is 6.10 Å². The minimum absolute atomic E-state index is 0.0746. The van der Waals surface area contributed by atoms with E-state index in [2.05, 4.69) is 81.5 Å². The van der Waals surface area contributed by atoms with Crippen LogP contribution in [-0.2, 0) is 28.6 Å². The molecule has 0 aliphatic rings. The number of ether oxygens (including phenoxy) is 3. The van der Waals surface area contributed by atoms with Gasteiger partial charge in [0.05, 0.1) is 0 Å². The molecule has 0 bridgehead atoms. The topological polar surface area (TPSA) is 78.9 Å². The number of carbonyl (C=O) groups is 3. The van der Waals surface area contributed by atoms with Gasteiger partial charge in [-0.3, -0.25) is 14.4 Å². The lowest BCUT2D eigenvalue weighted by molar-refractivity contribution is -0.167. The third kappa shape index (κ3) is 56.0. The SMILES string of the molecule is CC/C=C\C/C=C\C/C=C\C/C=C\C/C=C\CCCCCCCCCC(=O)OCC(COC(=O)CCCCCCCCC)OC(=O)CCCCCCCCCCCCCCCCCCCCCCCC. The first-order valence-corrected chi connectivity index (χ1v) is 30.3. The molecule has 0 saturated carbocycles. The molecule has 0 aliphatic heterocycles. The van der Waals surface area contributed by atoms with Gasteiger partial charge in [0.1, 0.15) is 13.2 Å². The fraction of sp³-hybridized carbons (Fsp3) is 0.797. The molecule has 0 saturated heterocycles. The molecule has 0 amide bonds. The molecule has 0 N–H and O–H groups in total. The first-order chi connectivity index (χ1) is 34.5. The first kappa shape index (κ1) is 67.1. The van der Waals surface area contributed by atoms with Crippen molar-refractivity contribution in [2.75, 3.05) is 13.2 Å². The van der Waals surface area contributed by atoms with E-state index in [-0.39, 0.29) is 31.1 Å². The normalized spacial score (nSPS) is 12.4. The number of esters is 3. The molecule has 1 atom stereocenters.